The SMILES string of the molecule is O=c1[nH]nc(N2CCNCC2)c2c1CCCN2. The zero-order valence-electron chi connectivity index (χ0n) is 9.75. The Hall–Kier alpha value is -1.56. The van der Waals surface area contributed by atoms with Crippen LogP contribution in [0.5, 0.6) is 0 Å². The molecule has 0 atom stereocenters. The first kappa shape index (κ1) is 10.6. The van der Waals surface area contributed by atoms with Crippen molar-refractivity contribution < 1.29 is 0 Å². The predicted molar refractivity (Wildman–Crippen MR) is 66.8 cm³/mol. The second-order valence-corrected chi connectivity index (χ2v) is 4.50. The van der Waals surface area contributed by atoms with E-state index in [1.807, 2.05) is 0 Å². The van der Waals surface area contributed by atoms with Gasteiger partial charge in [-0.3, -0.25) is 4.79 Å². The molecule has 6 nitrogen and oxygen atoms in total. The Bertz CT molecular complexity index is 463. The number of hydrogen-bond acceptors (Lipinski definition) is 5. The molecule has 0 amide bonds. The molecular weight excluding hydrogens is 218 g/mol. The van der Waals surface area contributed by atoms with E-state index in [9.17, 15) is 4.79 Å². The summed E-state index contributed by atoms with van der Waals surface area (Å²) >= 11 is 0. The number of rotatable bonds is 1. The summed E-state index contributed by atoms with van der Waals surface area (Å²) in [5.74, 6) is 0.904. The van der Waals surface area contributed by atoms with Crippen molar-refractivity contribution in [3.63, 3.8) is 0 Å². The minimum absolute atomic E-state index is 0.0499. The van der Waals surface area contributed by atoms with Crippen molar-refractivity contribution in [2.24, 2.45) is 0 Å². The van der Waals surface area contributed by atoms with E-state index in [1.165, 1.54) is 0 Å². The van der Waals surface area contributed by atoms with Gasteiger partial charge < -0.3 is 15.5 Å². The molecule has 17 heavy (non-hydrogen) atoms. The monoisotopic (exact) mass is 235 g/mol. The van der Waals surface area contributed by atoms with Gasteiger partial charge in [0.25, 0.3) is 5.56 Å². The largest absolute Gasteiger partial charge is 0.382 e. The molecule has 0 saturated carbocycles. The van der Waals surface area contributed by atoms with Crippen LogP contribution in [0.2, 0.25) is 0 Å². The first-order valence-electron chi connectivity index (χ1n) is 6.17. The maximum absolute atomic E-state index is 11.7. The van der Waals surface area contributed by atoms with Gasteiger partial charge in [0.05, 0.1) is 5.69 Å². The average molecular weight is 235 g/mol. The van der Waals surface area contributed by atoms with Gasteiger partial charge in [0.15, 0.2) is 5.82 Å². The summed E-state index contributed by atoms with van der Waals surface area (Å²) in [6.45, 7) is 4.74. The molecule has 2 aliphatic heterocycles. The maximum atomic E-state index is 11.7. The minimum Gasteiger partial charge on any atom is -0.382 e. The number of aromatic amines is 1. The predicted octanol–water partition coefficient (Wildman–Crippen LogP) is -0.462. The quantitative estimate of drug-likeness (QED) is 0.614. The van der Waals surface area contributed by atoms with Crippen molar-refractivity contribution >= 4 is 11.5 Å². The molecule has 0 bridgehead atoms. The Morgan fingerprint density at radius 3 is 2.82 bits per heavy atom. The summed E-state index contributed by atoms with van der Waals surface area (Å²) in [6.07, 6.45) is 1.86. The van der Waals surface area contributed by atoms with E-state index >= 15 is 0 Å². The second-order valence-electron chi connectivity index (χ2n) is 4.50. The Balaban J connectivity index is 2.01. The number of nitrogens with zero attached hydrogens (tertiary/aromatic N) is 2. The molecule has 3 N–H and O–H groups in total. The lowest BCUT2D eigenvalue weighted by Gasteiger charge is -2.31. The third-order valence-corrected chi connectivity index (χ3v) is 3.38. The van der Waals surface area contributed by atoms with Gasteiger partial charge in [-0.15, -0.1) is 0 Å². The van der Waals surface area contributed by atoms with Gasteiger partial charge in [0.1, 0.15) is 0 Å². The first-order chi connectivity index (χ1) is 8.36. The van der Waals surface area contributed by atoms with Crippen LogP contribution in [0, 0.1) is 0 Å². The third-order valence-electron chi connectivity index (χ3n) is 3.38. The highest BCUT2D eigenvalue weighted by Crippen LogP contribution is 2.28. The maximum Gasteiger partial charge on any atom is 0.269 e. The van der Waals surface area contributed by atoms with E-state index in [0.717, 1.165) is 62.6 Å². The lowest BCUT2D eigenvalue weighted by Crippen LogP contribution is -2.45. The lowest BCUT2D eigenvalue weighted by atomic mass is 10.1. The normalized spacial score (nSPS) is 19.6. The molecule has 1 fully saturated rings. The molecule has 2 aliphatic rings. The van der Waals surface area contributed by atoms with E-state index in [4.69, 9.17) is 0 Å². The lowest BCUT2D eigenvalue weighted by molar-refractivity contribution is 0.581. The summed E-state index contributed by atoms with van der Waals surface area (Å²) < 4.78 is 0. The number of anilines is 2. The number of fused-ring (bicyclic) bond motifs is 1. The van der Waals surface area contributed by atoms with Gasteiger partial charge in [0, 0.05) is 38.3 Å². The molecule has 6 heteroatoms. The molecule has 1 aromatic heterocycles. The zero-order valence-corrected chi connectivity index (χ0v) is 9.75. The van der Waals surface area contributed by atoms with Gasteiger partial charge in [-0.2, -0.15) is 5.10 Å². The standard InChI is InChI=1S/C11H17N5O/c17-11-8-2-1-3-13-9(8)10(14-15-11)16-6-4-12-5-7-16/h12-13H,1-7H2,(H,15,17). The van der Waals surface area contributed by atoms with Crippen molar-refractivity contribution in [1.29, 1.82) is 0 Å². The second kappa shape index (κ2) is 4.37. The van der Waals surface area contributed by atoms with E-state index in [-0.39, 0.29) is 5.56 Å². The van der Waals surface area contributed by atoms with Crippen LogP contribution < -0.4 is 21.1 Å². The van der Waals surface area contributed by atoms with E-state index < -0.39 is 0 Å². The molecule has 0 spiro atoms. The van der Waals surface area contributed by atoms with Gasteiger partial charge in [-0.1, -0.05) is 0 Å². The van der Waals surface area contributed by atoms with Crippen LogP contribution in [0.4, 0.5) is 11.5 Å². The first-order valence-corrected chi connectivity index (χ1v) is 6.17. The van der Waals surface area contributed by atoms with Crippen LogP contribution >= 0.6 is 0 Å². The zero-order chi connectivity index (χ0) is 11.7. The highest BCUT2D eigenvalue weighted by Gasteiger charge is 2.22. The van der Waals surface area contributed by atoms with E-state index in [0.29, 0.717) is 0 Å². The molecule has 92 valence electrons. The summed E-state index contributed by atoms with van der Waals surface area (Å²) in [6, 6.07) is 0. The number of hydrogen-bond donors (Lipinski definition) is 3. The fraction of sp³-hybridized carbons (Fsp3) is 0.636. The number of nitrogens with one attached hydrogen (secondary N) is 3. The van der Waals surface area contributed by atoms with Crippen molar-refractivity contribution in [3.05, 3.63) is 15.9 Å². The topological polar surface area (TPSA) is 73.0 Å². The fourth-order valence-electron chi connectivity index (χ4n) is 2.48. The van der Waals surface area contributed by atoms with Crippen LogP contribution in [-0.4, -0.2) is 42.9 Å². The molecule has 3 rings (SSSR count). The Morgan fingerprint density at radius 2 is 2.00 bits per heavy atom. The number of piperazine rings is 1. The fourth-order valence-corrected chi connectivity index (χ4v) is 2.48. The molecule has 1 saturated heterocycles. The van der Waals surface area contributed by atoms with Crippen molar-refractivity contribution in [2.45, 2.75) is 12.8 Å². The minimum atomic E-state index is -0.0499. The van der Waals surface area contributed by atoms with Crippen LogP contribution in [0.3, 0.4) is 0 Å². The van der Waals surface area contributed by atoms with Gasteiger partial charge in [-0.05, 0) is 12.8 Å². The molecular formula is C11H17N5O. The molecule has 3 heterocycles. The van der Waals surface area contributed by atoms with Crippen LogP contribution in [0.1, 0.15) is 12.0 Å². The number of H-pyrrole nitrogens is 1. The highest BCUT2D eigenvalue weighted by atomic mass is 16.1. The highest BCUT2D eigenvalue weighted by molar-refractivity contribution is 5.69. The Kier molecular flexibility index (Phi) is 2.72. The number of aromatic nitrogens is 2. The molecule has 0 radical (unpaired) electrons. The van der Waals surface area contributed by atoms with Crippen LogP contribution in [-0.2, 0) is 6.42 Å². The molecule has 1 aromatic rings. The summed E-state index contributed by atoms with van der Waals surface area (Å²) in [7, 11) is 0. The van der Waals surface area contributed by atoms with Crippen LogP contribution in [0.25, 0.3) is 0 Å². The van der Waals surface area contributed by atoms with Crippen molar-refractivity contribution in [3.8, 4) is 0 Å². The van der Waals surface area contributed by atoms with Crippen LogP contribution in [0.15, 0.2) is 4.79 Å². The van der Waals surface area contributed by atoms with Crippen molar-refractivity contribution in [2.75, 3.05) is 42.9 Å². The average Bonchev–Trinajstić information content (AvgIpc) is 2.41. The Labute approximate surface area is 99.4 Å². The van der Waals surface area contributed by atoms with E-state index in [2.05, 4.69) is 25.7 Å². The third kappa shape index (κ3) is 1.88. The smallest absolute Gasteiger partial charge is 0.269 e. The molecule has 0 aliphatic carbocycles. The summed E-state index contributed by atoms with van der Waals surface area (Å²) in [5.41, 5.74) is 1.76. The molecule has 0 aromatic carbocycles. The van der Waals surface area contributed by atoms with Gasteiger partial charge in [0.2, 0.25) is 0 Å². The Morgan fingerprint density at radius 1 is 1.18 bits per heavy atom. The van der Waals surface area contributed by atoms with E-state index in [1.54, 1.807) is 0 Å². The van der Waals surface area contributed by atoms with Crippen molar-refractivity contribution in [1.82, 2.24) is 15.5 Å². The van der Waals surface area contributed by atoms with Gasteiger partial charge in [-0.25, -0.2) is 5.10 Å². The summed E-state index contributed by atoms with van der Waals surface area (Å²) in [5, 5.41) is 13.5. The van der Waals surface area contributed by atoms with Gasteiger partial charge >= 0.3 is 0 Å². The summed E-state index contributed by atoms with van der Waals surface area (Å²) in [4.78, 5) is 13.9. The molecule has 0 unspecified atom stereocenters.